The van der Waals surface area contributed by atoms with Crippen LogP contribution in [-0.4, -0.2) is 64.1 Å². The maximum atomic E-state index is 15.3. The highest BCUT2D eigenvalue weighted by molar-refractivity contribution is 5.93. The van der Waals surface area contributed by atoms with Gasteiger partial charge in [0.05, 0.1) is 43.9 Å². The van der Waals surface area contributed by atoms with Crippen molar-refractivity contribution in [3.05, 3.63) is 24.3 Å². The number of nitriles is 1. The minimum absolute atomic E-state index is 0.0512. The Balaban J connectivity index is 1.15. The fraction of sp³-hybridized carbons (Fsp3) is 0.615. The quantitative estimate of drug-likeness (QED) is 0.485. The number of amides is 1. The van der Waals surface area contributed by atoms with Crippen LogP contribution in [0.2, 0.25) is 0 Å². The lowest BCUT2D eigenvalue weighted by molar-refractivity contribution is -0.0785. The maximum Gasteiger partial charge on any atom is 0.319 e. The van der Waals surface area contributed by atoms with Gasteiger partial charge in [-0.05, 0) is 43.9 Å². The Labute approximate surface area is 224 Å². The number of nitrogens with two attached hydrogens (primary N) is 1. The third-order valence-electron chi connectivity index (χ3n) is 8.52. The van der Waals surface area contributed by atoms with Crippen LogP contribution in [0.1, 0.15) is 42.6 Å². The predicted octanol–water partition coefficient (Wildman–Crippen LogP) is 2.46. The van der Waals surface area contributed by atoms with Crippen molar-refractivity contribution in [2.75, 3.05) is 36.9 Å². The molecule has 206 valence electrons. The molecule has 1 amide bonds. The van der Waals surface area contributed by atoms with Crippen LogP contribution in [0.4, 0.5) is 20.4 Å². The third kappa shape index (κ3) is 5.24. The summed E-state index contributed by atoms with van der Waals surface area (Å²) >= 11 is 0. The first kappa shape index (κ1) is 25.5. The van der Waals surface area contributed by atoms with E-state index in [1.165, 1.54) is 29.9 Å². The number of nitrogen functional groups attached to an aromatic ring is 1. The zero-order valence-electron chi connectivity index (χ0n) is 21.3. The monoisotopic (exact) mass is 540 g/mol. The summed E-state index contributed by atoms with van der Waals surface area (Å²) in [6, 6.07) is 3.71. The molecule has 1 aliphatic heterocycles. The summed E-state index contributed by atoms with van der Waals surface area (Å²) < 4.78 is 41.8. The van der Waals surface area contributed by atoms with Gasteiger partial charge < -0.3 is 25.4 Å². The molecule has 2 aromatic rings. The molecule has 0 aromatic carbocycles. The van der Waals surface area contributed by atoms with Crippen LogP contribution in [0.5, 0.6) is 11.8 Å². The van der Waals surface area contributed by atoms with Crippen molar-refractivity contribution in [2.24, 2.45) is 29.6 Å². The third-order valence-corrected chi connectivity index (χ3v) is 8.52. The Morgan fingerprint density at radius 3 is 2.77 bits per heavy atom. The van der Waals surface area contributed by atoms with E-state index in [4.69, 9.17) is 20.5 Å². The molecule has 0 spiro atoms. The molecule has 3 N–H and O–H groups in total. The highest BCUT2D eigenvalue weighted by Crippen LogP contribution is 2.50. The molecule has 3 saturated carbocycles. The molecule has 6 rings (SSSR count). The molecule has 6 atom stereocenters. The van der Waals surface area contributed by atoms with Gasteiger partial charge in [-0.15, -0.1) is 0 Å². The summed E-state index contributed by atoms with van der Waals surface area (Å²) in [4.78, 5) is 30.8. The summed E-state index contributed by atoms with van der Waals surface area (Å²) in [5.74, 6) is -2.84. The second-order valence-corrected chi connectivity index (χ2v) is 11.0. The zero-order chi connectivity index (χ0) is 27.1. The molecule has 1 saturated heterocycles. The minimum Gasteiger partial charge on any atom is -0.488 e. The van der Waals surface area contributed by atoms with Crippen molar-refractivity contribution in [3.63, 3.8) is 0 Å². The Bertz CT molecular complexity index is 1290. The highest BCUT2D eigenvalue weighted by Gasteiger charge is 2.48. The van der Waals surface area contributed by atoms with Crippen LogP contribution in [0.25, 0.3) is 0 Å². The lowest BCUT2D eigenvalue weighted by Crippen LogP contribution is -2.57. The van der Waals surface area contributed by atoms with Crippen LogP contribution in [0, 0.1) is 40.9 Å². The molecule has 3 heterocycles. The largest absolute Gasteiger partial charge is 0.488 e. The lowest BCUT2D eigenvalue weighted by Gasteiger charge is -2.53. The summed E-state index contributed by atoms with van der Waals surface area (Å²) in [5, 5.41) is 12.1. The van der Waals surface area contributed by atoms with Crippen LogP contribution in [-0.2, 0) is 0 Å². The molecule has 4 fully saturated rings. The molecular weight excluding hydrogens is 510 g/mol. The number of ether oxygens (including phenoxy) is 2. The summed E-state index contributed by atoms with van der Waals surface area (Å²) in [5.41, 5.74) is 5.81. The molecule has 0 bridgehead atoms. The number of hydrogen-bond acceptors (Lipinski definition) is 10. The average Bonchev–Trinajstić information content (AvgIpc) is 3.68. The van der Waals surface area contributed by atoms with E-state index in [-0.39, 0.29) is 79.1 Å². The summed E-state index contributed by atoms with van der Waals surface area (Å²) in [7, 11) is 0. The number of rotatable bonds is 9. The van der Waals surface area contributed by atoms with Gasteiger partial charge in [0, 0.05) is 24.6 Å². The minimum atomic E-state index is -3.10. The van der Waals surface area contributed by atoms with Gasteiger partial charge in [-0.2, -0.15) is 15.2 Å². The van der Waals surface area contributed by atoms with E-state index in [0.29, 0.717) is 11.8 Å². The van der Waals surface area contributed by atoms with Crippen molar-refractivity contribution >= 4 is 17.5 Å². The van der Waals surface area contributed by atoms with E-state index in [9.17, 15) is 4.79 Å². The number of hydrogen-bond donors (Lipinski definition) is 2. The fourth-order valence-electron chi connectivity index (χ4n) is 5.67. The molecule has 3 aliphatic carbocycles. The first-order valence-corrected chi connectivity index (χ1v) is 13.3. The van der Waals surface area contributed by atoms with Crippen LogP contribution in [0.3, 0.4) is 0 Å². The topological polar surface area (TPSA) is 152 Å². The highest BCUT2D eigenvalue weighted by atomic mass is 19.3. The van der Waals surface area contributed by atoms with Gasteiger partial charge in [0.2, 0.25) is 0 Å². The molecule has 4 unspecified atom stereocenters. The molecule has 11 nitrogen and oxygen atoms in total. The first-order valence-electron chi connectivity index (χ1n) is 13.3. The molecule has 39 heavy (non-hydrogen) atoms. The van der Waals surface area contributed by atoms with Crippen molar-refractivity contribution in [1.29, 1.82) is 5.26 Å². The second kappa shape index (κ2) is 10.1. The van der Waals surface area contributed by atoms with E-state index in [2.05, 4.69) is 31.3 Å². The van der Waals surface area contributed by atoms with E-state index in [1.54, 1.807) is 0 Å². The van der Waals surface area contributed by atoms with Crippen LogP contribution < -0.4 is 25.4 Å². The van der Waals surface area contributed by atoms with Gasteiger partial charge in [-0.25, -0.2) is 18.7 Å². The molecule has 0 radical (unpaired) electrons. The molecule has 13 heteroatoms. The van der Waals surface area contributed by atoms with Crippen molar-refractivity contribution in [3.8, 4) is 17.8 Å². The number of nitrogens with zero attached hydrogens (tertiary/aromatic N) is 6. The number of carbonyl (C=O) groups is 1. The maximum absolute atomic E-state index is 15.3. The van der Waals surface area contributed by atoms with Crippen LogP contribution >= 0.6 is 0 Å². The van der Waals surface area contributed by atoms with Crippen molar-refractivity contribution < 1.29 is 23.0 Å². The number of anilines is 2. The van der Waals surface area contributed by atoms with Crippen LogP contribution in [0.15, 0.2) is 18.6 Å². The zero-order valence-corrected chi connectivity index (χ0v) is 21.3. The molecular formula is C26H30F2N8O3. The first-order chi connectivity index (χ1) is 18.8. The Kier molecular flexibility index (Phi) is 6.56. The number of nitrogens with one attached hydrogen (secondary N) is 1. The van der Waals surface area contributed by atoms with Gasteiger partial charge in [0.1, 0.15) is 17.8 Å². The number of carbonyl (C=O) groups excluding carboxylic acids is 1. The van der Waals surface area contributed by atoms with E-state index in [0.717, 1.165) is 19.3 Å². The van der Waals surface area contributed by atoms with Crippen molar-refractivity contribution in [1.82, 2.24) is 25.3 Å². The molecule has 2 aromatic heterocycles. The number of piperidine rings is 1. The Morgan fingerprint density at radius 1 is 1.23 bits per heavy atom. The summed E-state index contributed by atoms with van der Waals surface area (Å²) in [6.07, 6.45) is 6.73. The number of alkyl halides is 2. The standard InChI is InChI=1S/C26H30F2N8O3/c27-26(28)12-36(4-3-17(26)11-38-21-9-31-13-32-23(21)30)22-7-20(24(37)33-19-6-14-1-2-18(14)19)34-25(35-22)39-10-16-5-15(16)8-29/h7,9,13-19H,1-6,10-12H2,(H,33,37)(H2,30,31,32)/t14?,15-,16+,17?,18?,19?/m0/s1. The SMILES string of the molecule is N#C[C@@H]1C[C@@H]1COc1nc(C(=O)NC2CC3CCC32)cc(N2CCC(COc3cncnc3N)C(F)(F)C2)n1. The predicted molar refractivity (Wildman–Crippen MR) is 134 cm³/mol. The average molecular weight is 541 g/mol. The number of aromatic nitrogens is 4. The van der Waals surface area contributed by atoms with E-state index >= 15 is 8.78 Å². The lowest BCUT2D eigenvalue weighted by atomic mass is 9.56. The second-order valence-electron chi connectivity index (χ2n) is 11.0. The van der Waals surface area contributed by atoms with Gasteiger partial charge in [-0.3, -0.25) is 4.79 Å². The Morgan fingerprint density at radius 2 is 2.10 bits per heavy atom. The smallest absolute Gasteiger partial charge is 0.319 e. The van der Waals surface area contributed by atoms with E-state index in [1.807, 2.05) is 0 Å². The normalized spacial score (nSPS) is 30.1. The van der Waals surface area contributed by atoms with Crippen molar-refractivity contribution in [2.45, 2.75) is 44.1 Å². The number of fused-ring (bicyclic) bond motifs is 1. The van der Waals surface area contributed by atoms with Gasteiger partial charge in [-0.1, -0.05) is 0 Å². The fourth-order valence-corrected chi connectivity index (χ4v) is 5.67. The Hall–Kier alpha value is -3.82. The number of halogens is 2. The summed E-state index contributed by atoms with van der Waals surface area (Å²) in [6.45, 7) is -0.343. The van der Waals surface area contributed by atoms with Gasteiger partial charge in [0.15, 0.2) is 11.6 Å². The molecule has 4 aliphatic rings. The van der Waals surface area contributed by atoms with E-state index < -0.39 is 18.4 Å². The van der Waals surface area contributed by atoms with Gasteiger partial charge in [0.25, 0.3) is 11.8 Å². The van der Waals surface area contributed by atoms with Gasteiger partial charge >= 0.3 is 6.01 Å².